The highest BCUT2D eigenvalue weighted by Gasteiger charge is 2.26. The fourth-order valence-electron chi connectivity index (χ4n) is 4.60. The molecule has 0 radical (unpaired) electrons. The van der Waals surface area contributed by atoms with Crippen LogP contribution in [-0.4, -0.2) is 74.4 Å². The minimum atomic E-state index is -3.65. The monoisotopic (exact) mass is 648 g/mol. The number of aryl methyl sites for hydroxylation is 1. The maximum absolute atomic E-state index is 13.4. The van der Waals surface area contributed by atoms with E-state index in [-0.39, 0.29) is 36.7 Å². The van der Waals surface area contributed by atoms with E-state index in [1.54, 1.807) is 18.2 Å². The lowest BCUT2D eigenvalue weighted by Gasteiger charge is -2.23. The highest BCUT2D eigenvalue weighted by atomic mass is 35.5. The van der Waals surface area contributed by atoms with Crippen LogP contribution in [0.15, 0.2) is 72.8 Å². The number of halogens is 1. The summed E-state index contributed by atoms with van der Waals surface area (Å²) >= 11 is 5.81. The van der Waals surface area contributed by atoms with Crippen LogP contribution in [0.25, 0.3) is 11.1 Å². The average molecular weight is 649 g/mol. The van der Waals surface area contributed by atoms with Crippen molar-refractivity contribution in [1.82, 2.24) is 9.62 Å². The molecule has 3 aromatic carbocycles. The van der Waals surface area contributed by atoms with Gasteiger partial charge in [-0.3, -0.25) is 4.79 Å². The van der Waals surface area contributed by atoms with Crippen LogP contribution in [0.2, 0.25) is 0 Å². The number of sulfone groups is 1. The molecule has 3 rings (SSSR count). The van der Waals surface area contributed by atoms with Crippen LogP contribution in [0.3, 0.4) is 0 Å². The summed E-state index contributed by atoms with van der Waals surface area (Å²) < 4.78 is 51.3. The van der Waals surface area contributed by atoms with E-state index in [2.05, 4.69) is 5.32 Å². The first-order valence-electron chi connectivity index (χ1n) is 13.8. The van der Waals surface area contributed by atoms with Gasteiger partial charge in [0, 0.05) is 30.8 Å². The molecule has 1 amide bonds. The largest absolute Gasteiger partial charge is 0.480 e. The van der Waals surface area contributed by atoms with Crippen LogP contribution in [0.4, 0.5) is 0 Å². The third-order valence-corrected chi connectivity index (χ3v) is 10.1. The van der Waals surface area contributed by atoms with Crippen molar-refractivity contribution in [2.45, 2.75) is 38.8 Å². The lowest BCUT2D eigenvalue weighted by molar-refractivity contribution is -0.139. The van der Waals surface area contributed by atoms with Gasteiger partial charge in [-0.1, -0.05) is 60.7 Å². The molecule has 1 unspecified atom stereocenters. The van der Waals surface area contributed by atoms with Gasteiger partial charge in [-0.2, -0.15) is 4.31 Å². The number of hydrogen-bond acceptors (Lipinski definition) is 6. The first-order valence-corrected chi connectivity index (χ1v) is 18.0. The summed E-state index contributed by atoms with van der Waals surface area (Å²) in [5.74, 6) is -2.30. The molecule has 0 saturated carbocycles. The molecule has 0 spiro atoms. The Hall–Kier alpha value is -3.25. The Morgan fingerprint density at radius 2 is 1.58 bits per heavy atom. The summed E-state index contributed by atoms with van der Waals surface area (Å²) in [4.78, 5) is 25.2. The summed E-state index contributed by atoms with van der Waals surface area (Å²) in [5.41, 5.74) is 3.90. The quantitative estimate of drug-likeness (QED) is 0.221. The summed E-state index contributed by atoms with van der Waals surface area (Å²) in [7, 11) is -7.10. The van der Waals surface area contributed by atoms with Gasteiger partial charge in [0.05, 0.1) is 11.5 Å². The van der Waals surface area contributed by atoms with E-state index >= 15 is 0 Å². The first-order chi connectivity index (χ1) is 20.3. The summed E-state index contributed by atoms with van der Waals surface area (Å²) in [6.45, 7) is 2.18. The molecule has 0 aromatic heterocycles. The van der Waals surface area contributed by atoms with E-state index < -0.39 is 43.5 Å². The summed E-state index contributed by atoms with van der Waals surface area (Å²) in [5, 5.41) is 12.1. The topological polar surface area (TPSA) is 138 Å². The third kappa shape index (κ3) is 10.5. The van der Waals surface area contributed by atoms with Crippen molar-refractivity contribution < 1.29 is 31.5 Å². The number of aliphatic carboxylic acids is 1. The van der Waals surface area contributed by atoms with Gasteiger partial charge in [0.2, 0.25) is 10.0 Å². The second-order valence-corrected chi connectivity index (χ2v) is 15.1. The van der Waals surface area contributed by atoms with Gasteiger partial charge >= 0.3 is 5.97 Å². The van der Waals surface area contributed by atoms with Crippen molar-refractivity contribution in [1.29, 1.82) is 0 Å². The van der Waals surface area contributed by atoms with Gasteiger partial charge in [0.1, 0.15) is 15.9 Å². The van der Waals surface area contributed by atoms with E-state index in [1.165, 1.54) is 4.31 Å². The van der Waals surface area contributed by atoms with Gasteiger partial charge in [-0.15, -0.1) is 11.6 Å². The van der Waals surface area contributed by atoms with Crippen molar-refractivity contribution >= 4 is 43.3 Å². The SMILES string of the molecule is Cc1ccccc1-c1cc(CN(CCc2ccccc2)S(=O)(=O)CCCCl)ccc1C(=O)NC(CCS(C)(=O)=O)C(=O)O. The van der Waals surface area contributed by atoms with Crippen LogP contribution < -0.4 is 5.32 Å². The molecule has 0 aliphatic heterocycles. The molecule has 43 heavy (non-hydrogen) atoms. The molecule has 0 fully saturated rings. The van der Waals surface area contributed by atoms with E-state index in [0.29, 0.717) is 24.0 Å². The second-order valence-electron chi connectivity index (χ2n) is 10.4. The molecule has 0 saturated heterocycles. The smallest absolute Gasteiger partial charge is 0.326 e. The third-order valence-electron chi connectivity index (χ3n) is 6.93. The van der Waals surface area contributed by atoms with Crippen molar-refractivity contribution in [3.8, 4) is 11.1 Å². The zero-order valence-electron chi connectivity index (χ0n) is 24.2. The minimum absolute atomic E-state index is 0.0599. The molecular formula is C31H37ClN2O7S2. The molecule has 0 aliphatic carbocycles. The van der Waals surface area contributed by atoms with Crippen LogP contribution >= 0.6 is 11.6 Å². The number of carbonyl (C=O) groups excluding carboxylic acids is 1. The van der Waals surface area contributed by atoms with E-state index in [1.807, 2.05) is 61.5 Å². The van der Waals surface area contributed by atoms with Crippen LogP contribution in [0.1, 0.15) is 39.9 Å². The molecule has 0 heterocycles. The maximum atomic E-state index is 13.4. The number of carboxylic acid groups (broad SMARTS) is 1. The molecule has 0 bridgehead atoms. The van der Waals surface area contributed by atoms with Gasteiger partial charge in [0.25, 0.3) is 5.91 Å². The summed E-state index contributed by atoms with van der Waals surface area (Å²) in [6.07, 6.45) is 1.54. The molecule has 3 aromatic rings. The average Bonchev–Trinajstić information content (AvgIpc) is 2.96. The Morgan fingerprint density at radius 1 is 0.907 bits per heavy atom. The lowest BCUT2D eigenvalue weighted by atomic mass is 9.93. The maximum Gasteiger partial charge on any atom is 0.326 e. The number of carbonyl (C=O) groups is 2. The molecule has 9 nitrogen and oxygen atoms in total. The Bertz CT molecular complexity index is 1630. The van der Waals surface area contributed by atoms with Crippen molar-refractivity contribution in [3.63, 3.8) is 0 Å². The number of carboxylic acids is 1. The zero-order chi connectivity index (χ0) is 31.6. The molecule has 12 heteroatoms. The number of rotatable bonds is 16. The van der Waals surface area contributed by atoms with Gasteiger partial charge < -0.3 is 10.4 Å². The number of alkyl halides is 1. The standard InChI is InChI=1S/C31H37ClN2O7S2/c1-23-9-6-7-12-26(23)28-21-25(13-14-27(28)30(35)33-29(31(36)37)16-20-42(2,38)39)22-34(43(40,41)19-8-17-32)18-15-24-10-4-3-5-11-24/h3-7,9-14,21,29H,8,15-20,22H2,1-2H3,(H,33,35)(H,36,37). The molecule has 1 atom stereocenters. The highest BCUT2D eigenvalue weighted by Crippen LogP contribution is 2.29. The number of nitrogens with one attached hydrogen (secondary N) is 1. The Balaban J connectivity index is 1.99. The van der Waals surface area contributed by atoms with Crippen molar-refractivity contribution in [3.05, 3.63) is 95.1 Å². The first kappa shape index (κ1) is 34.2. The molecule has 2 N–H and O–H groups in total. The Kier molecular flexibility index (Phi) is 12.3. The molecule has 0 aliphatic rings. The number of amides is 1. The fraction of sp³-hybridized carbons (Fsp3) is 0.355. The van der Waals surface area contributed by atoms with E-state index in [4.69, 9.17) is 11.6 Å². The minimum Gasteiger partial charge on any atom is -0.480 e. The Labute approximate surface area is 258 Å². The molecule has 232 valence electrons. The Morgan fingerprint density at radius 3 is 2.21 bits per heavy atom. The van der Waals surface area contributed by atoms with E-state index in [0.717, 1.165) is 22.9 Å². The lowest BCUT2D eigenvalue weighted by Crippen LogP contribution is -2.42. The fourth-order valence-corrected chi connectivity index (χ4v) is 7.03. The predicted molar refractivity (Wildman–Crippen MR) is 170 cm³/mol. The van der Waals surface area contributed by atoms with Gasteiger partial charge in [-0.25, -0.2) is 21.6 Å². The summed E-state index contributed by atoms with van der Waals surface area (Å²) in [6, 6.07) is 20.5. The zero-order valence-corrected chi connectivity index (χ0v) is 26.6. The number of sulfonamides is 1. The predicted octanol–water partition coefficient (Wildman–Crippen LogP) is 4.28. The van der Waals surface area contributed by atoms with Crippen LogP contribution in [0, 0.1) is 6.92 Å². The number of nitrogens with zero attached hydrogens (tertiary/aromatic N) is 1. The van der Waals surface area contributed by atoms with E-state index in [9.17, 15) is 31.5 Å². The molecular weight excluding hydrogens is 612 g/mol. The number of hydrogen-bond donors (Lipinski definition) is 2. The van der Waals surface area contributed by atoms with Crippen molar-refractivity contribution in [2.24, 2.45) is 0 Å². The second kappa shape index (κ2) is 15.5. The van der Waals surface area contributed by atoms with Crippen LogP contribution in [0.5, 0.6) is 0 Å². The van der Waals surface area contributed by atoms with Gasteiger partial charge in [-0.05, 0) is 66.1 Å². The normalized spacial score (nSPS) is 12.7. The highest BCUT2D eigenvalue weighted by molar-refractivity contribution is 7.90. The van der Waals surface area contributed by atoms with Crippen LogP contribution in [-0.2, 0) is 37.6 Å². The van der Waals surface area contributed by atoms with Gasteiger partial charge in [0.15, 0.2) is 0 Å². The number of benzene rings is 3. The van der Waals surface area contributed by atoms with Crippen molar-refractivity contribution in [2.75, 3.05) is 30.2 Å².